The summed E-state index contributed by atoms with van der Waals surface area (Å²) in [4.78, 5) is 31.0. The fraction of sp³-hybridized carbons (Fsp3) is 0.481. The Labute approximate surface area is 217 Å². The van der Waals surface area contributed by atoms with Crippen LogP contribution in [0, 0.1) is 35.0 Å². The summed E-state index contributed by atoms with van der Waals surface area (Å²) in [5.41, 5.74) is 0.963. The average Bonchev–Trinajstić information content (AvgIpc) is 2.94. The second-order valence-corrected chi connectivity index (χ2v) is 9.03. The van der Waals surface area contributed by atoms with E-state index in [1.165, 1.54) is 0 Å². The van der Waals surface area contributed by atoms with E-state index in [2.05, 4.69) is 0 Å². The maximum atomic E-state index is 14.3. The molecule has 0 spiro atoms. The molecule has 2 aromatic rings. The van der Waals surface area contributed by atoms with E-state index in [-0.39, 0.29) is 12.8 Å². The van der Waals surface area contributed by atoms with Crippen LogP contribution in [0.3, 0.4) is 0 Å². The average molecular weight is 544 g/mol. The minimum atomic E-state index is -2.36. The van der Waals surface area contributed by atoms with Gasteiger partial charge >= 0.3 is 5.97 Å². The number of carbonyl (C=O) groups is 2. The van der Waals surface area contributed by atoms with E-state index in [0.29, 0.717) is 38.7 Å². The van der Waals surface area contributed by atoms with Gasteiger partial charge in [0.05, 0.1) is 12.0 Å². The SMILES string of the molecule is CCC[C@@H]([C@@H](CCCc1ccccc1)C(=O)Oc1c(F)c(F)c(F)c(F)c1F)N(C=O)OC1CCCCO1. The van der Waals surface area contributed by atoms with Crippen LogP contribution >= 0.6 is 0 Å². The summed E-state index contributed by atoms with van der Waals surface area (Å²) >= 11 is 0. The highest BCUT2D eigenvalue weighted by molar-refractivity contribution is 5.76. The smallest absolute Gasteiger partial charge is 0.316 e. The summed E-state index contributed by atoms with van der Waals surface area (Å²) in [6, 6.07) is 8.34. The monoisotopic (exact) mass is 543 g/mol. The largest absolute Gasteiger partial charge is 0.420 e. The molecule has 1 saturated heterocycles. The summed E-state index contributed by atoms with van der Waals surface area (Å²) in [5.74, 6) is -15.5. The van der Waals surface area contributed by atoms with E-state index < -0.39 is 59.1 Å². The van der Waals surface area contributed by atoms with E-state index in [9.17, 15) is 31.5 Å². The lowest BCUT2D eigenvalue weighted by molar-refractivity contribution is -0.290. The Morgan fingerprint density at radius 1 is 1.03 bits per heavy atom. The zero-order valence-corrected chi connectivity index (χ0v) is 20.9. The number of esters is 1. The lowest BCUT2D eigenvalue weighted by atomic mass is 9.89. The molecule has 3 rings (SSSR count). The third kappa shape index (κ3) is 7.28. The first-order valence-corrected chi connectivity index (χ1v) is 12.6. The number of benzene rings is 2. The van der Waals surface area contributed by atoms with Gasteiger partial charge in [-0.05, 0) is 44.1 Å². The summed E-state index contributed by atoms with van der Waals surface area (Å²) in [5, 5.41) is 0.937. The maximum absolute atomic E-state index is 14.3. The highest BCUT2D eigenvalue weighted by atomic mass is 19.2. The molecule has 3 atom stereocenters. The summed E-state index contributed by atoms with van der Waals surface area (Å²) in [7, 11) is 0. The minimum absolute atomic E-state index is 0.0764. The van der Waals surface area contributed by atoms with Crippen molar-refractivity contribution in [2.45, 2.75) is 70.6 Å². The van der Waals surface area contributed by atoms with Crippen LogP contribution in [0.1, 0.15) is 57.4 Å². The maximum Gasteiger partial charge on any atom is 0.316 e. The van der Waals surface area contributed by atoms with E-state index in [1.807, 2.05) is 30.3 Å². The van der Waals surface area contributed by atoms with Crippen molar-refractivity contribution in [1.82, 2.24) is 5.06 Å². The molecule has 1 fully saturated rings. The number of hydrogen-bond donors (Lipinski definition) is 0. The Balaban J connectivity index is 1.89. The Hall–Kier alpha value is -3.05. The van der Waals surface area contributed by atoms with Crippen LogP contribution in [0.5, 0.6) is 5.75 Å². The molecule has 6 nitrogen and oxygen atoms in total. The van der Waals surface area contributed by atoms with Gasteiger partial charge in [-0.3, -0.25) is 9.59 Å². The topological polar surface area (TPSA) is 65.1 Å². The molecule has 0 radical (unpaired) electrons. The molecule has 0 bridgehead atoms. The first-order valence-electron chi connectivity index (χ1n) is 12.6. The zero-order valence-electron chi connectivity index (χ0n) is 20.9. The quantitative estimate of drug-likeness (QED) is 0.0589. The molecule has 208 valence electrons. The van der Waals surface area contributed by atoms with Crippen LogP contribution < -0.4 is 4.74 Å². The minimum Gasteiger partial charge on any atom is -0.420 e. The van der Waals surface area contributed by atoms with Crippen molar-refractivity contribution in [2.24, 2.45) is 5.92 Å². The standard InChI is InChI=1S/C27H30F5NO5/c1-2-9-19(33(16-34)38-20-14-6-7-15-36-20)18(13-8-12-17-10-4-3-5-11-17)27(35)37-26-24(31)22(29)21(28)23(30)25(26)32/h3-5,10-11,16,18-20H,2,6-9,12-15H2,1H3/t18-,19+,20?/m1/s1. The van der Waals surface area contributed by atoms with Crippen LogP contribution in [-0.4, -0.2) is 36.4 Å². The zero-order chi connectivity index (χ0) is 27.7. The number of hydrogen-bond acceptors (Lipinski definition) is 5. The summed E-state index contributed by atoms with van der Waals surface area (Å²) in [6.45, 7) is 2.22. The van der Waals surface area contributed by atoms with Gasteiger partial charge in [0.1, 0.15) is 0 Å². The van der Waals surface area contributed by atoms with Gasteiger partial charge in [-0.1, -0.05) is 43.7 Å². The second kappa shape index (κ2) is 14.2. The number of amides is 1. The van der Waals surface area contributed by atoms with Gasteiger partial charge in [-0.2, -0.15) is 8.78 Å². The Morgan fingerprint density at radius 3 is 2.26 bits per heavy atom. The van der Waals surface area contributed by atoms with Gasteiger partial charge in [0.15, 0.2) is 6.29 Å². The summed E-state index contributed by atoms with van der Waals surface area (Å²) in [6.07, 6.45) is 3.51. The Bertz CT molecular complexity index is 1050. The number of carbonyl (C=O) groups excluding carboxylic acids is 2. The molecule has 2 aromatic carbocycles. The van der Waals surface area contributed by atoms with Crippen LogP contribution in [-0.2, 0) is 25.6 Å². The van der Waals surface area contributed by atoms with E-state index >= 15 is 0 Å². The first-order chi connectivity index (χ1) is 18.3. The fourth-order valence-electron chi connectivity index (χ4n) is 4.40. The van der Waals surface area contributed by atoms with Gasteiger partial charge in [-0.15, -0.1) is 0 Å². The normalized spacial score (nSPS) is 17.1. The predicted molar refractivity (Wildman–Crippen MR) is 126 cm³/mol. The molecule has 1 amide bonds. The predicted octanol–water partition coefficient (Wildman–Crippen LogP) is 6.01. The number of halogens is 5. The van der Waals surface area contributed by atoms with Crippen molar-refractivity contribution in [3.63, 3.8) is 0 Å². The van der Waals surface area contributed by atoms with Crippen LogP contribution in [0.15, 0.2) is 30.3 Å². The number of hydroxylamine groups is 2. The van der Waals surface area contributed by atoms with Gasteiger partial charge in [-0.25, -0.2) is 23.1 Å². The molecule has 1 heterocycles. The van der Waals surface area contributed by atoms with E-state index in [0.717, 1.165) is 23.5 Å². The molecule has 0 aliphatic carbocycles. The third-order valence-corrected chi connectivity index (χ3v) is 6.36. The molecule has 1 unspecified atom stereocenters. The fourth-order valence-corrected chi connectivity index (χ4v) is 4.40. The van der Waals surface area contributed by atoms with Gasteiger partial charge in [0.2, 0.25) is 41.2 Å². The molecule has 38 heavy (non-hydrogen) atoms. The molecule has 1 aliphatic rings. The van der Waals surface area contributed by atoms with E-state index in [4.69, 9.17) is 14.3 Å². The van der Waals surface area contributed by atoms with Crippen molar-refractivity contribution in [1.29, 1.82) is 0 Å². The lowest BCUT2D eigenvalue weighted by Crippen LogP contribution is -2.46. The van der Waals surface area contributed by atoms with Crippen molar-refractivity contribution < 1.29 is 45.9 Å². The first kappa shape index (κ1) is 29.5. The molecule has 0 aromatic heterocycles. The highest BCUT2D eigenvalue weighted by Crippen LogP contribution is 2.32. The summed E-state index contributed by atoms with van der Waals surface area (Å²) < 4.78 is 79.8. The van der Waals surface area contributed by atoms with Crippen LogP contribution in [0.2, 0.25) is 0 Å². The lowest BCUT2D eigenvalue weighted by Gasteiger charge is -2.35. The molecular formula is C27H30F5NO5. The van der Waals surface area contributed by atoms with E-state index in [1.54, 1.807) is 6.92 Å². The Kier molecular flexibility index (Phi) is 11.0. The third-order valence-electron chi connectivity index (χ3n) is 6.36. The molecule has 11 heteroatoms. The number of aryl methyl sites for hydroxylation is 1. The van der Waals surface area contributed by atoms with Crippen molar-refractivity contribution in [2.75, 3.05) is 6.61 Å². The molecular weight excluding hydrogens is 513 g/mol. The molecule has 1 aliphatic heterocycles. The van der Waals surface area contributed by atoms with Crippen molar-refractivity contribution >= 4 is 12.4 Å². The number of rotatable bonds is 13. The highest BCUT2D eigenvalue weighted by Gasteiger charge is 2.37. The van der Waals surface area contributed by atoms with Crippen LogP contribution in [0.25, 0.3) is 0 Å². The van der Waals surface area contributed by atoms with Crippen molar-refractivity contribution in [3.8, 4) is 5.75 Å². The second-order valence-electron chi connectivity index (χ2n) is 9.03. The van der Waals surface area contributed by atoms with Gasteiger partial charge < -0.3 is 9.47 Å². The Morgan fingerprint density at radius 2 is 1.68 bits per heavy atom. The number of ether oxygens (including phenoxy) is 2. The molecule has 0 saturated carbocycles. The van der Waals surface area contributed by atoms with Crippen LogP contribution in [0.4, 0.5) is 22.0 Å². The number of nitrogens with zero attached hydrogens (tertiary/aromatic N) is 1. The van der Waals surface area contributed by atoms with Gasteiger partial charge in [0, 0.05) is 13.0 Å². The van der Waals surface area contributed by atoms with Crippen molar-refractivity contribution in [3.05, 3.63) is 65.0 Å². The van der Waals surface area contributed by atoms with Gasteiger partial charge in [0.25, 0.3) is 0 Å². The molecule has 0 N–H and O–H groups in total.